The van der Waals surface area contributed by atoms with Crippen LogP contribution < -0.4 is 10.6 Å². The predicted octanol–water partition coefficient (Wildman–Crippen LogP) is 4.60. The van der Waals surface area contributed by atoms with Crippen LogP contribution in [0.3, 0.4) is 0 Å². The van der Waals surface area contributed by atoms with Gasteiger partial charge in [-0.2, -0.15) is 0 Å². The molecule has 0 radical (unpaired) electrons. The Morgan fingerprint density at radius 1 is 1.32 bits per heavy atom. The summed E-state index contributed by atoms with van der Waals surface area (Å²) in [5, 5.41) is 6.19. The zero-order valence-electron chi connectivity index (χ0n) is 14.9. The number of benzene rings is 1. The van der Waals surface area contributed by atoms with Crippen molar-refractivity contribution in [3.05, 3.63) is 34.3 Å². The zero-order valence-corrected chi connectivity index (χ0v) is 15.7. The Bertz CT molecular complexity index is 600. The molecule has 2 N–H and O–H groups in total. The van der Waals surface area contributed by atoms with Crippen LogP contribution in [0.4, 0.5) is 4.79 Å². The number of nitrogens with one attached hydrogen (secondary N) is 2. The topological polar surface area (TPSA) is 67.4 Å². The highest BCUT2D eigenvalue weighted by molar-refractivity contribution is 6.33. The predicted molar refractivity (Wildman–Crippen MR) is 99.0 cm³/mol. The Morgan fingerprint density at radius 3 is 2.68 bits per heavy atom. The molecule has 1 saturated carbocycles. The van der Waals surface area contributed by atoms with Crippen molar-refractivity contribution >= 4 is 23.6 Å². The molecule has 6 heteroatoms. The number of carbonyl (C=O) groups is 2. The molecule has 138 valence electrons. The Balaban J connectivity index is 1.93. The number of hydrogen-bond acceptors (Lipinski definition) is 3. The van der Waals surface area contributed by atoms with Crippen molar-refractivity contribution in [1.82, 2.24) is 10.6 Å². The van der Waals surface area contributed by atoms with E-state index in [-0.39, 0.29) is 18.0 Å². The average molecular weight is 367 g/mol. The molecule has 0 aliphatic heterocycles. The third kappa shape index (κ3) is 5.92. The summed E-state index contributed by atoms with van der Waals surface area (Å²) >= 11 is 6.29. The lowest BCUT2D eigenvalue weighted by Crippen LogP contribution is -2.32. The molecule has 25 heavy (non-hydrogen) atoms. The second kappa shape index (κ2) is 9.66. The zero-order chi connectivity index (χ0) is 18.2. The fourth-order valence-electron chi connectivity index (χ4n) is 2.93. The Morgan fingerprint density at radius 2 is 2.04 bits per heavy atom. The maximum absolute atomic E-state index is 12.3. The van der Waals surface area contributed by atoms with Gasteiger partial charge in [0.2, 0.25) is 0 Å². The highest BCUT2D eigenvalue weighted by Crippen LogP contribution is 2.24. The van der Waals surface area contributed by atoms with E-state index >= 15 is 0 Å². The summed E-state index contributed by atoms with van der Waals surface area (Å²) in [6, 6.07) is 5.25. The molecule has 2 amide bonds. The van der Waals surface area contributed by atoms with Gasteiger partial charge >= 0.3 is 6.09 Å². The van der Waals surface area contributed by atoms with E-state index in [0.29, 0.717) is 17.2 Å². The van der Waals surface area contributed by atoms with Gasteiger partial charge in [-0.1, -0.05) is 43.9 Å². The van der Waals surface area contributed by atoms with Gasteiger partial charge in [-0.15, -0.1) is 0 Å². The van der Waals surface area contributed by atoms with Crippen LogP contribution >= 0.6 is 11.6 Å². The normalized spacial score (nSPS) is 15.6. The van der Waals surface area contributed by atoms with E-state index in [9.17, 15) is 9.59 Å². The molecule has 2 rings (SSSR count). The summed E-state index contributed by atoms with van der Waals surface area (Å²) in [7, 11) is 0. The maximum atomic E-state index is 12.3. The fourth-order valence-corrected chi connectivity index (χ4v) is 3.20. The van der Waals surface area contributed by atoms with Crippen LogP contribution in [0.1, 0.15) is 74.3 Å². The molecule has 1 aliphatic carbocycles. The number of unbranched alkanes of at least 4 members (excludes halogenated alkanes) is 1. The molecule has 1 atom stereocenters. The number of rotatable bonds is 7. The largest absolute Gasteiger partial charge is 0.450 e. The lowest BCUT2D eigenvalue weighted by atomic mass is 10.1. The van der Waals surface area contributed by atoms with E-state index in [4.69, 9.17) is 16.3 Å². The van der Waals surface area contributed by atoms with E-state index in [1.54, 1.807) is 12.1 Å². The smallest absolute Gasteiger partial charge is 0.407 e. The molecule has 0 saturated heterocycles. The summed E-state index contributed by atoms with van der Waals surface area (Å²) in [6.07, 6.45) is 5.76. The molecule has 0 bridgehead atoms. The number of halogens is 1. The summed E-state index contributed by atoms with van der Waals surface area (Å²) in [5.41, 5.74) is 1.30. The average Bonchev–Trinajstić information content (AvgIpc) is 3.07. The van der Waals surface area contributed by atoms with Crippen LogP contribution in [-0.4, -0.2) is 24.6 Å². The van der Waals surface area contributed by atoms with Crippen LogP contribution in [0.25, 0.3) is 0 Å². The molecular formula is C19H27ClN2O3. The Hall–Kier alpha value is -1.75. The van der Waals surface area contributed by atoms with Gasteiger partial charge in [0.25, 0.3) is 5.91 Å². The molecule has 0 spiro atoms. The van der Waals surface area contributed by atoms with Gasteiger partial charge in [-0.05, 0) is 43.9 Å². The second-order valence-corrected chi connectivity index (χ2v) is 6.96. The SMILES string of the molecule is CCCCOC(=O)NC(C)c1ccc(C(=O)NC2CCCC2)c(Cl)c1. The third-order valence-corrected chi connectivity index (χ3v) is 4.81. The number of alkyl carbamates (subject to hydrolysis) is 1. The maximum Gasteiger partial charge on any atom is 0.407 e. The molecule has 0 heterocycles. The Kier molecular flexibility index (Phi) is 7.56. The number of amides is 2. The van der Waals surface area contributed by atoms with Crippen molar-refractivity contribution in [2.45, 2.75) is 64.5 Å². The molecule has 5 nitrogen and oxygen atoms in total. The van der Waals surface area contributed by atoms with Crippen molar-refractivity contribution < 1.29 is 14.3 Å². The first-order valence-electron chi connectivity index (χ1n) is 9.05. The standard InChI is InChI=1S/C19H27ClN2O3/c1-3-4-11-25-19(24)21-13(2)14-9-10-16(17(20)12-14)18(23)22-15-7-5-6-8-15/h9-10,12-13,15H,3-8,11H2,1-2H3,(H,21,24)(H,22,23). The van der Waals surface area contributed by atoms with Gasteiger partial charge in [0.1, 0.15) is 0 Å². The van der Waals surface area contributed by atoms with E-state index < -0.39 is 6.09 Å². The van der Waals surface area contributed by atoms with Crippen molar-refractivity contribution in [1.29, 1.82) is 0 Å². The Labute approximate surface area is 154 Å². The number of hydrogen-bond donors (Lipinski definition) is 2. The van der Waals surface area contributed by atoms with Crippen molar-refractivity contribution in [3.8, 4) is 0 Å². The minimum Gasteiger partial charge on any atom is -0.450 e. The van der Waals surface area contributed by atoms with Gasteiger partial charge < -0.3 is 15.4 Å². The summed E-state index contributed by atoms with van der Waals surface area (Å²) in [4.78, 5) is 24.1. The number of carbonyl (C=O) groups excluding carboxylic acids is 2. The molecule has 1 aromatic carbocycles. The summed E-state index contributed by atoms with van der Waals surface area (Å²) in [5.74, 6) is -0.136. The molecule has 1 unspecified atom stereocenters. The quantitative estimate of drug-likeness (QED) is 0.693. The van der Waals surface area contributed by atoms with Crippen molar-refractivity contribution in [2.75, 3.05) is 6.61 Å². The first kappa shape index (κ1) is 19.6. The highest BCUT2D eigenvalue weighted by atomic mass is 35.5. The first-order valence-corrected chi connectivity index (χ1v) is 9.42. The van der Waals surface area contributed by atoms with Crippen LogP contribution in [0, 0.1) is 0 Å². The van der Waals surface area contributed by atoms with E-state index in [2.05, 4.69) is 10.6 Å². The van der Waals surface area contributed by atoms with Gasteiger partial charge in [-0.3, -0.25) is 4.79 Å². The van der Waals surface area contributed by atoms with Gasteiger partial charge in [0.05, 0.1) is 23.2 Å². The minimum absolute atomic E-state index is 0.136. The van der Waals surface area contributed by atoms with Crippen LogP contribution in [-0.2, 0) is 4.74 Å². The van der Waals surface area contributed by atoms with Gasteiger partial charge in [0, 0.05) is 6.04 Å². The van der Waals surface area contributed by atoms with E-state index in [0.717, 1.165) is 44.1 Å². The first-order chi connectivity index (χ1) is 12.0. The van der Waals surface area contributed by atoms with Crippen molar-refractivity contribution in [2.24, 2.45) is 0 Å². The lowest BCUT2D eigenvalue weighted by Gasteiger charge is -2.16. The fraction of sp³-hybridized carbons (Fsp3) is 0.579. The van der Waals surface area contributed by atoms with Gasteiger partial charge in [-0.25, -0.2) is 4.79 Å². The third-order valence-electron chi connectivity index (χ3n) is 4.49. The molecule has 1 aliphatic rings. The molecular weight excluding hydrogens is 340 g/mol. The van der Waals surface area contributed by atoms with Crippen molar-refractivity contribution in [3.63, 3.8) is 0 Å². The summed E-state index contributed by atoms with van der Waals surface area (Å²) in [6.45, 7) is 4.30. The highest BCUT2D eigenvalue weighted by Gasteiger charge is 2.20. The van der Waals surface area contributed by atoms with Gasteiger partial charge in [0.15, 0.2) is 0 Å². The van der Waals surface area contributed by atoms with Crippen LogP contribution in [0.15, 0.2) is 18.2 Å². The molecule has 1 fully saturated rings. The summed E-state index contributed by atoms with van der Waals surface area (Å²) < 4.78 is 5.09. The number of ether oxygens (including phenoxy) is 1. The minimum atomic E-state index is -0.444. The monoisotopic (exact) mass is 366 g/mol. The second-order valence-electron chi connectivity index (χ2n) is 6.55. The van der Waals surface area contributed by atoms with E-state index in [1.807, 2.05) is 19.9 Å². The van der Waals surface area contributed by atoms with Crippen LogP contribution in [0.5, 0.6) is 0 Å². The van der Waals surface area contributed by atoms with E-state index in [1.165, 1.54) is 0 Å². The van der Waals surface area contributed by atoms with Crippen LogP contribution in [0.2, 0.25) is 5.02 Å². The lowest BCUT2D eigenvalue weighted by molar-refractivity contribution is 0.0937. The molecule has 0 aromatic heterocycles. The molecule has 1 aromatic rings.